The number of allylic oxidation sites excluding steroid dienone is 5. The van der Waals surface area contributed by atoms with E-state index in [-0.39, 0.29) is 29.0 Å². The van der Waals surface area contributed by atoms with E-state index in [0.29, 0.717) is 35.1 Å². The van der Waals surface area contributed by atoms with E-state index in [1.165, 1.54) is 6.92 Å². The number of hydrogen-bond donors (Lipinski definition) is 1. The number of Topliss-reactive ketones (excluding diaryl/α,β-unsaturated/α-hetero) is 3. The highest BCUT2D eigenvalue weighted by Crippen LogP contribution is 2.45. The van der Waals surface area contributed by atoms with E-state index >= 15 is 0 Å². The minimum atomic E-state index is -0.852. The Labute approximate surface area is 212 Å². The first kappa shape index (κ1) is 26.3. The highest BCUT2D eigenvalue weighted by molar-refractivity contribution is 6.20. The predicted octanol–water partition coefficient (Wildman–Crippen LogP) is 4.89. The molecule has 1 saturated heterocycles. The molecular formula is C29H37NO6. The molecule has 2 aliphatic heterocycles. The highest BCUT2D eigenvalue weighted by Gasteiger charge is 2.55. The van der Waals surface area contributed by atoms with Crippen LogP contribution in [0.25, 0.3) is 0 Å². The lowest BCUT2D eigenvalue weighted by molar-refractivity contribution is -0.184. The molecule has 2 fully saturated rings. The van der Waals surface area contributed by atoms with Gasteiger partial charge in [-0.3, -0.25) is 24.0 Å². The Morgan fingerprint density at radius 1 is 0.972 bits per heavy atom. The number of ketones is 3. The van der Waals surface area contributed by atoms with Crippen molar-refractivity contribution in [3.63, 3.8) is 0 Å². The standard InChI is InChI=1S/C29H37NO6/c1-15(2)19-13-18(14-20(16(3)4)27(19)33)24-26-25-21(32)11-9-7-6-8-10-12-22(25)36-30(26)29(35)23(17(5)31)28(24)34/h13-16,22,25-26,34H,6-12H2,1-5H3/t22-,25+,26-/m1/s1. The molecule has 0 radical (unpaired) electrons. The molecule has 0 aromatic heterocycles. The molecule has 0 spiro atoms. The van der Waals surface area contributed by atoms with Crippen molar-refractivity contribution in [3.8, 4) is 0 Å². The Balaban J connectivity index is 1.98. The van der Waals surface area contributed by atoms with Crippen molar-refractivity contribution in [1.82, 2.24) is 5.06 Å². The number of rotatable bonds is 3. The van der Waals surface area contributed by atoms with Crippen LogP contribution in [0.3, 0.4) is 0 Å². The van der Waals surface area contributed by atoms with E-state index in [1.54, 1.807) is 12.2 Å². The highest BCUT2D eigenvalue weighted by atomic mass is 16.7. The van der Waals surface area contributed by atoms with E-state index in [2.05, 4.69) is 0 Å². The molecule has 4 rings (SSSR count). The minimum Gasteiger partial charge on any atom is -0.507 e. The van der Waals surface area contributed by atoms with Gasteiger partial charge in [-0.15, -0.1) is 0 Å². The van der Waals surface area contributed by atoms with Crippen LogP contribution < -0.4 is 0 Å². The van der Waals surface area contributed by atoms with Crippen LogP contribution in [0.2, 0.25) is 0 Å². The van der Waals surface area contributed by atoms with Crippen molar-refractivity contribution in [2.24, 2.45) is 17.8 Å². The van der Waals surface area contributed by atoms with E-state index in [9.17, 15) is 24.3 Å². The third-order valence-corrected chi connectivity index (χ3v) is 7.78. The molecule has 0 aromatic rings. The van der Waals surface area contributed by atoms with Gasteiger partial charge in [-0.2, -0.15) is 0 Å². The predicted molar refractivity (Wildman–Crippen MR) is 135 cm³/mol. The Kier molecular flexibility index (Phi) is 7.51. The summed E-state index contributed by atoms with van der Waals surface area (Å²) < 4.78 is 0. The van der Waals surface area contributed by atoms with Gasteiger partial charge in [0.15, 0.2) is 11.6 Å². The van der Waals surface area contributed by atoms with Gasteiger partial charge >= 0.3 is 0 Å². The zero-order valence-corrected chi connectivity index (χ0v) is 21.9. The van der Waals surface area contributed by atoms with Crippen molar-refractivity contribution < 1.29 is 29.1 Å². The fraction of sp³-hybridized carbons (Fsp3) is 0.586. The van der Waals surface area contributed by atoms with Crippen LogP contribution in [-0.4, -0.2) is 45.6 Å². The van der Waals surface area contributed by atoms with Gasteiger partial charge in [0.25, 0.3) is 5.91 Å². The van der Waals surface area contributed by atoms with Crippen molar-refractivity contribution >= 4 is 23.3 Å². The molecule has 36 heavy (non-hydrogen) atoms. The van der Waals surface area contributed by atoms with Gasteiger partial charge < -0.3 is 5.11 Å². The maximum Gasteiger partial charge on any atom is 0.285 e. The van der Waals surface area contributed by atoms with Crippen LogP contribution in [-0.2, 0) is 24.0 Å². The van der Waals surface area contributed by atoms with E-state index in [4.69, 9.17) is 4.84 Å². The molecule has 4 aliphatic rings. The number of amides is 1. The largest absolute Gasteiger partial charge is 0.507 e. The monoisotopic (exact) mass is 495 g/mol. The molecule has 194 valence electrons. The van der Waals surface area contributed by atoms with Crippen LogP contribution in [0.4, 0.5) is 0 Å². The third-order valence-electron chi connectivity index (χ3n) is 7.78. The van der Waals surface area contributed by atoms with E-state index in [0.717, 1.165) is 37.2 Å². The number of fused-ring (bicyclic) bond motifs is 3. The van der Waals surface area contributed by atoms with Crippen molar-refractivity contribution in [1.29, 1.82) is 0 Å². The van der Waals surface area contributed by atoms with Gasteiger partial charge in [0, 0.05) is 23.1 Å². The zero-order chi connectivity index (χ0) is 26.3. The molecular weight excluding hydrogens is 458 g/mol. The SMILES string of the molecule is CC(=O)C1=C(O)C(=C2C=C(C(C)C)C(=O)C(C(C)C)=C2)[C@@H]2[C@H]3C(=O)CCCCCCC[C@H]3ON2C1=O. The van der Waals surface area contributed by atoms with Crippen LogP contribution in [0, 0.1) is 17.8 Å². The van der Waals surface area contributed by atoms with E-state index < -0.39 is 35.5 Å². The summed E-state index contributed by atoms with van der Waals surface area (Å²) in [7, 11) is 0. The summed E-state index contributed by atoms with van der Waals surface area (Å²) >= 11 is 0. The van der Waals surface area contributed by atoms with Gasteiger partial charge in [-0.1, -0.05) is 53.4 Å². The molecule has 2 aliphatic carbocycles. The van der Waals surface area contributed by atoms with E-state index in [1.807, 2.05) is 27.7 Å². The summed E-state index contributed by atoms with van der Waals surface area (Å²) in [6, 6.07) is -0.852. The molecule has 1 saturated carbocycles. The Morgan fingerprint density at radius 3 is 2.14 bits per heavy atom. The van der Waals surface area contributed by atoms with Gasteiger partial charge in [0.1, 0.15) is 23.2 Å². The quantitative estimate of drug-likeness (QED) is 0.560. The van der Waals surface area contributed by atoms with Crippen LogP contribution in [0.1, 0.15) is 79.6 Å². The third kappa shape index (κ3) is 4.54. The number of carbonyl (C=O) groups is 4. The van der Waals surface area contributed by atoms with Crippen molar-refractivity contribution in [2.45, 2.75) is 91.7 Å². The maximum absolute atomic E-state index is 13.5. The molecule has 0 bridgehead atoms. The zero-order valence-electron chi connectivity index (χ0n) is 21.9. The molecule has 0 unspecified atom stereocenters. The number of aliphatic hydroxyl groups excluding tert-OH is 1. The number of hydrogen-bond acceptors (Lipinski definition) is 6. The van der Waals surface area contributed by atoms with Gasteiger partial charge in [-0.25, -0.2) is 5.06 Å². The summed E-state index contributed by atoms with van der Waals surface area (Å²) in [5, 5.41) is 12.6. The molecule has 0 aromatic carbocycles. The van der Waals surface area contributed by atoms with Gasteiger partial charge in [0.2, 0.25) is 0 Å². The molecule has 1 amide bonds. The fourth-order valence-electron chi connectivity index (χ4n) is 5.85. The topological polar surface area (TPSA) is 101 Å². The second-order valence-electron chi connectivity index (χ2n) is 11.0. The number of aliphatic hydroxyl groups is 1. The Bertz CT molecular complexity index is 1090. The smallest absolute Gasteiger partial charge is 0.285 e. The number of hydroxylamine groups is 2. The lowest BCUT2D eigenvalue weighted by Crippen LogP contribution is -2.47. The maximum atomic E-state index is 13.5. The summed E-state index contributed by atoms with van der Waals surface area (Å²) in [6.45, 7) is 8.97. The Hall–Kier alpha value is -2.80. The molecule has 7 heteroatoms. The van der Waals surface area contributed by atoms with Gasteiger partial charge in [-0.05, 0) is 49.3 Å². The first-order valence-electron chi connectivity index (χ1n) is 13.2. The minimum absolute atomic E-state index is 0.00684. The van der Waals surface area contributed by atoms with Crippen LogP contribution in [0.15, 0.2) is 45.8 Å². The lowest BCUT2D eigenvalue weighted by Gasteiger charge is -2.34. The molecule has 7 nitrogen and oxygen atoms in total. The lowest BCUT2D eigenvalue weighted by atomic mass is 9.75. The second-order valence-corrected chi connectivity index (χ2v) is 11.0. The van der Waals surface area contributed by atoms with Crippen LogP contribution >= 0.6 is 0 Å². The summed E-state index contributed by atoms with van der Waals surface area (Å²) in [5.74, 6) is -2.52. The number of carbonyl (C=O) groups excluding carboxylic acids is 4. The first-order valence-corrected chi connectivity index (χ1v) is 13.2. The average Bonchev–Trinajstić information content (AvgIpc) is 3.18. The normalized spacial score (nSPS) is 27.9. The van der Waals surface area contributed by atoms with Crippen LogP contribution in [0.5, 0.6) is 0 Å². The summed E-state index contributed by atoms with van der Waals surface area (Å²) in [6.07, 6.45) is 8.70. The summed E-state index contributed by atoms with van der Waals surface area (Å²) in [4.78, 5) is 58.7. The molecule has 3 atom stereocenters. The fourth-order valence-corrected chi connectivity index (χ4v) is 5.85. The molecule has 1 N–H and O–H groups in total. The average molecular weight is 496 g/mol. The van der Waals surface area contributed by atoms with Crippen molar-refractivity contribution in [3.05, 3.63) is 45.8 Å². The molecule has 2 heterocycles. The second kappa shape index (κ2) is 10.3. The van der Waals surface area contributed by atoms with Gasteiger partial charge in [0.05, 0.1) is 12.0 Å². The Morgan fingerprint density at radius 2 is 1.56 bits per heavy atom. The first-order chi connectivity index (χ1) is 17.0. The number of nitrogens with zero attached hydrogens (tertiary/aromatic N) is 1. The summed E-state index contributed by atoms with van der Waals surface area (Å²) in [5.41, 5.74) is 1.71. The van der Waals surface area contributed by atoms with Crippen molar-refractivity contribution in [2.75, 3.05) is 0 Å².